The molecule has 126 valence electrons. The monoisotopic (exact) mass is 323 g/mol. The van der Waals surface area contributed by atoms with Crippen LogP contribution in [0.4, 0.5) is 5.69 Å². The van der Waals surface area contributed by atoms with Gasteiger partial charge in [0.05, 0.1) is 0 Å². The molecule has 0 amide bonds. The molecule has 2 aliphatic heterocycles. The van der Waals surface area contributed by atoms with Gasteiger partial charge in [-0.25, -0.2) is 0 Å². The quantitative estimate of drug-likeness (QED) is 0.869. The number of aromatic nitrogens is 1. The van der Waals surface area contributed by atoms with Crippen LogP contribution in [0.5, 0.6) is 0 Å². The highest BCUT2D eigenvalue weighted by Crippen LogP contribution is 2.35. The Labute approximate surface area is 143 Å². The Balaban J connectivity index is 1.51. The molecule has 0 aliphatic carbocycles. The van der Waals surface area contributed by atoms with E-state index in [1.165, 1.54) is 23.4 Å². The molecule has 1 fully saturated rings. The lowest BCUT2D eigenvalue weighted by atomic mass is 9.83. The van der Waals surface area contributed by atoms with Gasteiger partial charge < -0.3 is 9.47 Å². The van der Waals surface area contributed by atoms with Gasteiger partial charge in [-0.1, -0.05) is 18.2 Å². The van der Waals surface area contributed by atoms with Crippen LogP contribution in [-0.4, -0.2) is 36.7 Å². The van der Waals surface area contributed by atoms with Crippen LogP contribution in [0.15, 0.2) is 47.3 Å². The molecule has 2 aliphatic rings. The van der Waals surface area contributed by atoms with Gasteiger partial charge >= 0.3 is 0 Å². The van der Waals surface area contributed by atoms with E-state index in [9.17, 15) is 4.79 Å². The molecule has 0 radical (unpaired) electrons. The van der Waals surface area contributed by atoms with Crippen LogP contribution in [0.1, 0.15) is 23.6 Å². The Bertz CT molecular complexity index is 778. The van der Waals surface area contributed by atoms with Crippen LogP contribution in [-0.2, 0) is 13.1 Å². The van der Waals surface area contributed by atoms with Crippen molar-refractivity contribution in [2.24, 2.45) is 5.92 Å². The Morgan fingerprint density at radius 3 is 2.58 bits per heavy atom. The number of hydrogen-bond acceptors (Lipinski definition) is 3. The first-order valence-electron chi connectivity index (χ1n) is 8.78. The van der Waals surface area contributed by atoms with E-state index in [4.69, 9.17) is 0 Å². The maximum atomic E-state index is 12.1. The molecule has 0 N–H and O–H groups in total. The molecular weight excluding hydrogens is 298 g/mol. The Kier molecular flexibility index (Phi) is 3.93. The van der Waals surface area contributed by atoms with Crippen molar-refractivity contribution in [2.45, 2.75) is 25.4 Å². The van der Waals surface area contributed by atoms with E-state index in [1.807, 2.05) is 10.6 Å². The SMILES string of the molecule is CN(C)c1ccc(CN2C[C@H]3C[C@H](C2)c2cccc(=O)n2C3)cc1. The smallest absolute Gasteiger partial charge is 0.250 e. The van der Waals surface area contributed by atoms with E-state index >= 15 is 0 Å². The van der Waals surface area contributed by atoms with Crippen LogP contribution in [0.25, 0.3) is 0 Å². The van der Waals surface area contributed by atoms with Crippen LogP contribution in [0, 0.1) is 5.92 Å². The molecule has 2 aromatic rings. The normalized spacial score (nSPS) is 22.9. The van der Waals surface area contributed by atoms with Crippen LogP contribution in [0.2, 0.25) is 0 Å². The van der Waals surface area contributed by atoms with Gasteiger partial charge in [0.25, 0.3) is 5.56 Å². The van der Waals surface area contributed by atoms with Crippen molar-refractivity contribution in [3.63, 3.8) is 0 Å². The summed E-state index contributed by atoms with van der Waals surface area (Å²) < 4.78 is 2.00. The summed E-state index contributed by atoms with van der Waals surface area (Å²) in [5.41, 5.74) is 4.00. The van der Waals surface area contributed by atoms with E-state index in [-0.39, 0.29) is 5.56 Å². The van der Waals surface area contributed by atoms with Gasteiger partial charge in [0, 0.05) is 63.6 Å². The fourth-order valence-electron chi connectivity index (χ4n) is 4.28. The van der Waals surface area contributed by atoms with Crippen molar-refractivity contribution in [1.29, 1.82) is 0 Å². The molecule has 4 rings (SSSR count). The molecule has 2 atom stereocenters. The van der Waals surface area contributed by atoms with Crippen molar-refractivity contribution in [1.82, 2.24) is 9.47 Å². The van der Waals surface area contributed by atoms with Crippen LogP contribution in [0.3, 0.4) is 0 Å². The average molecular weight is 323 g/mol. The van der Waals surface area contributed by atoms with Crippen molar-refractivity contribution in [3.8, 4) is 0 Å². The minimum atomic E-state index is 0.162. The van der Waals surface area contributed by atoms with E-state index in [2.05, 4.69) is 54.2 Å². The number of pyridine rings is 1. The minimum absolute atomic E-state index is 0.162. The number of benzene rings is 1. The zero-order valence-electron chi connectivity index (χ0n) is 14.5. The Hall–Kier alpha value is -2.07. The number of hydrogen-bond donors (Lipinski definition) is 0. The molecule has 1 aromatic heterocycles. The summed E-state index contributed by atoms with van der Waals surface area (Å²) in [5.74, 6) is 1.09. The molecule has 0 unspecified atom stereocenters. The molecule has 3 heterocycles. The van der Waals surface area contributed by atoms with E-state index in [0.29, 0.717) is 11.8 Å². The number of piperidine rings is 1. The lowest BCUT2D eigenvalue weighted by Crippen LogP contribution is -2.46. The highest BCUT2D eigenvalue weighted by molar-refractivity contribution is 5.46. The minimum Gasteiger partial charge on any atom is -0.378 e. The Morgan fingerprint density at radius 2 is 1.83 bits per heavy atom. The molecule has 4 nitrogen and oxygen atoms in total. The molecule has 0 saturated carbocycles. The third-order valence-corrected chi connectivity index (χ3v) is 5.41. The van der Waals surface area contributed by atoms with E-state index < -0.39 is 0 Å². The van der Waals surface area contributed by atoms with Gasteiger partial charge in [-0.3, -0.25) is 9.69 Å². The highest BCUT2D eigenvalue weighted by Gasteiger charge is 2.34. The predicted octanol–water partition coefficient (Wildman–Crippen LogP) is 2.53. The number of rotatable bonds is 3. The maximum absolute atomic E-state index is 12.1. The van der Waals surface area contributed by atoms with Crippen LogP contribution >= 0.6 is 0 Å². The summed E-state index contributed by atoms with van der Waals surface area (Å²) in [5, 5.41) is 0. The summed E-state index contributed by atoms with van der Waals surface area (Å²) in [6.45, 7) is 4.02. The first-order chi connectivity index (χ1) is 11.6. The summed E-state index contributed by atoms with van der Waals surface area (Å²) >= 11 is 0. The lowest BCUT2D eigenvalue weighted by molar-refractivity contribution is 0.114. The highest BCUT2D eigenvalue weighted by atomic mass is 16.1. The first-order valence-corrected chi connectivity index (χ1v) is 8.78. The maximum Gasteiger partial charge on any atom is 0.250 e. The second-order valence-corrected chi connectivity index (χ2v) is 7.45. The average Bonchev–Trinajstić information content (AvgIpc) is 2.56. The van der Waals surface area contributed by atoms with Gasteiger partial charge in [-0.15, -0.1) is 0 Å². The molecule has 2 bridgehead atoms. The van der Waals surface area contributed by atoms with Crippen molar-refractivity contribution in [2.75, 3.05) is 32.1 Å². The largest absolute Gasteiger partial charge is 0.378 e. The molecule has 24 heavy (non-hydrogen) atoms. The number of fused-ring (bicyclic) bond motifs is 4. The van der Waals surface area contributed by atoms with E-state index in [0.717, 1.165) is 26.2 Å². The van der Waals surface area contributed by atoms with Crippen molar-refractivity contribution in [3.05, 3.63) is 64.1 Å². The standard InChI is InChI=1S/C20H25N3O/c1-21(2)18-8-6-15(7-9-18)11-22-12-16-10-17(14-22)19-4-3-5-20(24)23(19)13-16/h3-9,16-17H,10-14H2,1-2H3/t16-,17-/m1/s1. The van der Waals surface area contributed by atoms with Gasteiger partial charge in [0.2, 0.25) is 0 Å². The summed E-state index contributed by atoms with van der Waals surface area (Å²) in [4.78, 5) is 16.8. The zero-order chi connectivity index (χ0) is 16.7. The molecule has 0 spiro atoms. The molecular formula is C20H25N3O. The Morgan fingerprint density at radius 1 is 1.04 bits per heavy atom. The molecule has 4 heteroatoms. The second kappa shape index (κ2) is 6.10. The molecule has 1 aromatic carbocycles. The summed E-state index contributed by atoms with van der Waals surface area (Å²) in [6, 6.07) is 14.6. The van der Waals surface area contributed by atoms with Gasteiger partial charge in [-0.05, 0) is 36.1 Å². The fraction of sp³-hybridized carbons (Fsp3) is 0.450. The number of nitrogens with zero attached hydrogens (tertiary/aromatic N) is 3. The first kappa shape index (κ1) is 15.5. The third-order valence-electron chi connectivity index (χ3n) is 5.41. The van der Waals surface area contributed by atoms with Crippen molar-refractivity contribution < 1.29 is 0 Å². The predicted molar refractivity (Wildman–Crippen MR) is 97.6 cm³/mol. The van der Waals surface area contributed by atoms with Gasteiger partial charge in [0.15, 0.2) is 0 Å². The van der Waals surface area contributed by atoms with E-state index in [1.54, 1.807) is 6.07 Å². The van der Waals surface area contributed by atoms with Crippen LogP contribution < -0.4 is 10.5 Å². The topological polar surface area (TPSA) is 28.5 Å². The van der Waals surface area contributed by atoms with Gasteiger partial charge in [0.1, 0.15) is 0 Å². The summed E-state index contributed by atoms with van der Waals surface area (Å²) in [7, 11) is 4.14. The molecule has 1 saturated heterocycles. The third kappa shape index (κ3) is 2.86. The lowest BCUT2D eigenvalue weighted by Gasteiger charge is -2.42. The number of anilines is 1. The summed E-state index contributed by atoms with van der Waals surface area (Å²) in [6.07, 6.45) is 1.22. The zero-order valence-corrected chi connectivity index (χ0v) is 14.5. The second-order valence-electron chi connectivity index (χ2n) is 7.45. The van der Waals surface area contributed by atoms with Crippen molar-refractivity contribution >= 4 is 5.69 Å². The number of likely N-dealkylation sites (tertiary alicyclic amines) is 1. The fourth-order valence-corrected chi connectivity index (χ4v) is 4.28. The van der Waals surface area contributed by atoms with Gasteiger partial charge in [-0.2, -0.15) is 0 Å².